The van der Waals surface area contributed by atoms with Gasteiger partial charge >= 0.3 is 0 Å². The van der Waals surface area contributed by atoms with Crippen molar-refractivity contribution in [2.45, 2.75) is 13.5 Å². The van der Waals surface area contributed by atoms with Crippen LogP contribution in [0.15, 0.2) is 18.5 Å². The Labute approximate surface area is 121 Å². The lowest BCUT2D eigenvalue weighted by Gasteiger charge is -2.14. The minimum Gasteiger partial charge on any atom is -0.347 e. The highest BCUT2D eigenvalue weighted by atomic mass is 32.1. The normalized spacial score (nSPS) is 9.95. The Balaban J connectivity index is 2.12. The smallest absolute Gasteiger partial charge is 0.264 e. The number of aromatic amines is 1. The lowest BCUT2D eigenvalue weighted by Crippen LogP contribution is -2.25. The zero-order chi connectivity index (χ0) is 14.5. The molecule has 5 nitrogen and oxygen atoms in total. The van der Waals surface area contributed by atoms with E-state index >= 15 is 0 Å². The van der Waals surface area contributed by atoms with Gasteiger partial charge in [-0.3, -0.25) is 4.79 Å². The van der Waals surface area contributed by atoms with E-state index in [2.05, 4.69) is 21.8 Å². The minimum absolute atomic E-state index is 0.0321. The van der Waals surface area contributed by atoms with Gasteiger partial charge in [0.15, 0.2) is 0 Å². The number of hydrogen-bond donors (Lipinski definition) is 2. The number of nitrogens with zero attached hydrogens (tertiary/aromatic N) is 2. The van der Waals surface area contributed by atoms with Gasteiger partial charge in [-0.2, -0.15) is 0 Å². The van der Waals surface area contributed by atoms with Gasteiger partial charge < -0.3 is 15.6 Å². The largest absolute Gasteiger partial charge is 0.347 e. The highest BCUT2D eigenvalue weighted by Gasteiger charge is 2.16. The number of thiophene rings is 1. The Morgan fingerprint density at radius 1 is 1.60 bits per heavy atom. The minimum atomic E-state index is -0.0321. The van der Waals surface area contributed by atoms with Gasteiger partial charge in [0.2, 0.25) is 0 Å². The topological polar surface area (TPSA) is 75.0 Å². The number of aryl methyl sites for hydroxylation is 1. The summed E-state index contributed by atoms with van der Waals surface area (Å²) in [5.41, 5.74) is 6.37. The third-order valence-corrected chi connectivity index (χ3v) is 3.86. The number of rotatable bonds is 3. The molecule has 0 spiro atoms. The molecular formula is C14H16N4OS. The molecule has 0 saturated heterocycles. The average Bonchev–Trinajstić information content (AvgIpc) is 3.05. The van der Waals surface area contributed by atoms with Gasteiger partial charge in [-0.25, -0.2) is 4.98 Å². The number of carbonyl (C=O) groups excluding carboxylic acids is 1. The highest BCUT2D eigenvalue weighted by Crippen LogP contribution is 2.22. The summed E-state index contributed by atoms with van der Waals surface area (Å²) in [6.07, 6.45) is 3.41. The molecule has 0 fully saturated rings. The summed E-state index contributed by atoms with van der Waals surface area (Å²) < 4.78 is 0. The van der Waals surface area contributed by atoms with Crippen molar-refractivity contribution in [2.75, 3.05) is 13.6 Å². The van der Waals surface area contributed by atoms with Gasteiger partial charge in [0.05, 0.1) is 22.8 Å². The Bertz CT molecular complexity index is 649. The van der Waals surface area contributed by atoms with Crippen molar-refractivity contribution in [3.8, 4) is 11.8 Å². The van der Waals surface area contributed by atoms with Crippen LogP contribution in [0.25, 0.3) is 0 Å². The zero-order valence-electron chi connectivity index (χ0n) is 11.4. The fraction of sp³-hybridized carbons (Fsp3) is 0.286. The Morgan fingerprint density at radius 2 is 2.40 bits per heavy atom. The molecule has 0 bridgehead atoms. The molecule has 20 heavy (non-hydrogen) atoms. The molecule has 3 N–H and O–H groups in total. The lowest BCUT2D eigenvalue weighted by atomic mass is 10.2. The number of imidazole rings is 1. The van der Waals surface area contributed by atoms with Crippen molar-refractivity contribution < 1.29 is 4.79 Å². The van der Waals surface area contributed by atoms with Crippen LogP contribution in [-0.4, -0.2) is 34.4 Å². The lowest BCUT2D eigenvalue weighted by molar-refractivity contribution is 0.0786. The van der Waals surface area contributed by atoms with E-state index in [0.717, 1.165) is 16.3 Å². The van der Waals surface area contributed by atoms with Crippen LogP contribution in [0.2, 0.25) is 0 Å². The molecule has 0 aliphatic heterocycles. The number of amides is 1. The first-order valence-corrected chi connectivity index (χ1v) is 6.96. The second kappa shape index (κ2) is 6.37. The summed E-state index contributed by atoms with van der Waals surface area (Å²) in [5.74, 6) is 6.53. The van der Waals surface area contributed by atoms with Gasteiger partial charge in [0, 0.05) is 19.4 Å². The number of aromatic nitrogens is 2. The zero-order valence-corrected chi connectivity index (χ0v) is 12.3. The summed E-state index contributed by atoms with van der Waals surface area (Å²) in [6.45, 7) is 2.71. The first-order chi connectivity index (χ1) is 9.61. The third kappa shape index (κ3) is 3.26. The maximum atomic E-state index is 12.3. The molecule has 0 aliphatic carbocycles. The van der Waals surface area contributed by atoms with Crippen LogP contribution in [0.3, 0.4) is 0 Å². The van der Waals surface area contributed by atoms with Crippen LogP contribution in [-0.2, 0) is 6.54 Å². The summed E-state index contributed by atoms with van der Waals surface area (Å²) in [5, 5.41) is 0. The second-order valence-electron chi connectivity index (χ2n) is 4.33. The second-order valence-corrected chi connectivity index (χ2v) is 5.38. The number of carbonyl (C=O) groups is 1. The molecule has 6 heteroatoms. The summed E-state index contributed by atoms with van der Waals surface area (Å²) >= 11 is 1.40. The van der Waals surface area contributed by atoms with Crippen LogP contribution in [0.4, 0.5) is 0 Å². The van der Waals surface area contributed by atoms with Crippen molar-refractivity contribution in [3.05, 3.63) is 39.6 Å². The highest BCUT2D eigenvalue weighted by molar-refractivity contribution is 7.14. The van der Waals surface area contributed by atoms with Crippen molar-refractivity contribution in [3.63, 3.8) is 0 Å². The SMILES string of the molecule is Cc1cc(C(=O)N(C)Cc2ncc[nH]2)sc1C#CCN. The molecule has 0 aromatic carbocycles. The molecule has 2 rings (SSSR count). The summed E-state index contributed by atoms with van der Waals surface area (Å²) in [6, 6.07) is 1.87. The molecule has 104 valence electrons. The molecule has 2 aromatic rings. The Kier molecular flexibility index (Phi) is 4.56. The van der Waals surface area contributed by atoms with Crippen molar-refractivity contribution in [1.82, 2.24) is 14.9 Å². The third-order valence-electron chi connectivity index (χ3n) is 2.72. The van der Waals surface area contributed by atoms with Crippen molar-refractivity contribution in [1.29, 1.82) is 0 Å². The van der Waals surface area contributed by atoms with E-state index < -0.39 is 0 Å². The Hall–Kier alpha value is -2.10. The summed E-state index contributed by atoms with van der Waals surface area (Å²) in [4.78, 5) is 22.6. The predicted molar refractivity (Wildman–Crippen MR) is 79.4 cm³/mol. The fourth-order valence-electron chi connectivity index (χ4n) is 1.71. The van der Waals surface area contributed by atoms with E-state index in [1.165, 1.54) is 11.3 Å². The van der Waals surface area contributed by atoms with E-state index in [9.17, 15) is 4.79 Å². The van der Waals surface area contributed by atoms with Crippen LogP contribution in [0.5, 0.6) is 0 Å². The van der Waals surface area contributed by atoms with Gasteiger partial charge in [-0.15, -0.1) is 11.3 Å². The van der Waals surface area contributed by atoms with E-state index in [1.54, 1.807) is 24.3 Å². The summed E-state index contributed by atoms with van der Waals surface area (Å²) in [7, 11) is 1.76. The molecule has 1 amide bonds. The van der Waals surface area contributed by atoms with Gasteiger partial charge in [0.1, 0.15) is 5.82 Å². The number of nitrogens with one attached hydrogen (secondary N) is 1. The predicted octanol–water partition coefficient (Wildman–Crippen LogP) is 1.36. The maximum absolute atomic E-state index is 12.3. The van der Waals surface area contributed by atoms with Crippen LogP contribution in [0, 0.1) is 18.8 Å². The van der Waals surface area contributed by atoms with Crippen LogP contribution >= 0.6 is 11.3 Å². The van der Waals surface area contributed by atoms with Crippen molar-refractivity contribution >= 4 is 17.2 Å². The first-order valence-electron chi connectivity index (χ1n) is 6.15. The first kappa shape index (κ1) is 14.3. The maximum Gasteiger partial charge on any atom is 0.264 e. The monoisotopic (exact) mass is 288 g/mol. The van der Waals surface area contributed by atoms with Crippen molar-refractivity contribution in [2.24, 2.45) is 5.73 Å². The molecule has 2 heterocycles. The standard InChI is InChI=1S/C14H16N4OS/c1-10-8-12(20-11(10)4-3-5-15)14(19)18(2)9-13-16-6-7-17-13/h6-8H,5,9,15H2,1-2H3,(H,16,17). The molecule has 0 radical (unpaired) electrons. The van der Waals surface area contributed by atoms with Crippen LogP contribution in [0.1, 0.15) is 25.9 Å². The Morgan fingerprint density at radius 3 is 3.05 bits per heavy atom. The fourth-order valence-corrected chi connectivity index (χ4v) is 2.75. The molecule has 0 aliphatic rings. The van der Waals surface area contributed by atoms with Crippen LogP contribution < -0.4 is 5.73 Å². The van der Waals surface area contributed by atoms with E-state index in [4.69, 9.17) is 5.73 Å². The van der Waals surface area contributed by atoms with Gasteiger partial charge in [-0.1, -0.05) is 11.8 Å². The number of H-pyrrole nitrogens is 1. The van der Waals surface area contributed by atoms with Gasteiger partial charge in [-0.05, 0) is 18.6 Å². The molecule has 0 atom stereocenters. The average molecular weight is 288 g/mol. The molecule has 0 saturated carbocycles. The number of nitrogens with two attached hydrogens (primary N) is 1. The quantitative estimate of drug-likeness (QED) is 0.837. The van der Waals surface area contributed by atoms with E-state index in [1.807, 2.05) is 13.0 Å². The van der Waals surface area contributed by atoms with Gasteiger partial charge in [0.25, 0.3) is 5.91 Å². The van der Waals surface area contributed by atoms with E-state index in [-0.39, 0.29) is 5.91 Å². The molecule has 0 unspecified atom stereocenters. The molecular weight excluding hydrogens is 272 g/mol. The number of hydrogen-bond acceptors (Lipinski definition) is 4. The molecule has 2 aromatic heterocycles. The van der Waals surface area contributed by atoms with E-state index in [0.29, 0.717) is 18.0 Å².